The second kappa shape index (κ2) is 5.92. The van der Waals surface area contributed by atoms with Gasteiger partial charge in [0, 0.05) is 17.9 Å². The molecule has 0 spiro atoms. The van der Waals surface area contributed by atoms with E-state index in [1.165, 1.54) is 0 Å². The van der Waals surface area contributed by atoms with Gasteiger partial charge >= 0.3 is 30.0 Å². The molecular formula is C15H13F5O6. The van der Waals surface area contributed by atoms with E-state index in [2.05, 4.69) is 11.3 Å². The Hall–Kier alpha value is -2.20. The van der Waals surface area contributed by atoms with Crippen molar-refractivity contribution in [3.8, 4) is 0 Å². The van der Waals surface area contributed by atoms with Crippen LogP contribution in [0.25, 0.3) is 0 Å². The van der Waals surface area contributed by atoms with Gasteiger partial charge in [-0.1, -0.05) is 6.58 Å². The van der Waals surface area contributed by atoms with Crippen molar-refractivity contribution in [1.29, 1.82) is 0 Å². The molecule has 1 heterocycles. The van der Waals surface area contributed by atoms with Crippen molar-refractivity contribution in [3.63, 3.8) is 0 Å². The molecule has 0 aromatic heterocycles. The molecule has 3 rings (SSSR count). The Morgan fingerprint density at radius 3 is 2.46 bits per heavy atom. The van der Waals surface area contributed by atoms with E-state index in [1.54, 1.807) is 0 Å². The van der Waals surface area contributed by atoms with E-state index >= 15 is 0 Å². The average Bonchev–Trinajstić information content (AvgIpc) is 3.14. The molecule has 1 saturated heterocycles. The van der Waals surface area contributed by atoms with Crippen LogP contribution in [0.1, 0.15) is 6.42 Å². The third-order valence-corrected chi connectivity index (χ3v) is 5.05. The molecule has 0 N–H and O–H groups in total. The Morgan fingerprint density at radius 2 is 1.88 bits per heavy atom. The lowest BCUT2D eigenvalue weighted by Crippen LogP contribution is -2.46. The first kappa shape index (κ1) is 18.6. The third-order valence-electron chi connectivity index (χ3n) is 5.05. The van der Waals surface area contributed by atoms with Gasteiger partial charge in [0.15, 0.2) is 6.61 Å². The Bertz CT molecular complexity index is 659. The summed E-state index contributed by atoms with van der Waals surface area (Å²) in [6.07, 6.45) is -6.57. The maximum Gasteiger partial charge on any atom is 0.456 e. The number of fused-ring (bicyclic) bond motifs is 1. The Kier molecular flexibility index (Phi) is 4.23. The fourth-order valence-corrected chi connectivity index (χ4v) is 3.99. The topological polar surface area (TPSA) is 78.9 Å². The van der Waals surface area contributed by atoms with Crippen molar-refractivity contribution in [2.75, 3.05) is 6.61 Å². The summed E-state index contributed by atoms with van der Waals surface area (Å²) in [4.78, 5) is 35.5. The molecule has 6 unspecified atom stereocenters. The molecule has 3 aliphatic rings. The van der Waals surface area contributed by atoms with Gasteiger partial charge in [-0.25, -0.2) is 4.79 Å². The summed E-state index contributed by atoms with van der Waals surface area (Å²) >= 11 is 0. The number of hydrogen-bond donors (Lipinski definition) is 0. The zero-order valence-electron chi connectivity index (χ0n) is 13.0. The molecule has 2 bridgehead atoms. The van der Waals surface area contributed by atoms with Gasteiger partial charge in [0.2, 0.25) is 0 Å². The molecule has 0 amide bonds. The van der Waals surface area contributed by atoms with Crippen LogP contribution in [0.15, 0.2) is 12.7 Å². The minimum absolute atomic E-state index is 0.228. The van der Waals surface area contributed by atoms with E-state index in [1.807, 2.05) is 0 Å². The standard InChI is InChI=1S/C15H13F5O6/c1-2-7(21)25-10-5-3-6-9(13(23)26-11(6)10)8(5)12(22)24-4-14(16,17)15(18,19)20/h2,5-6,8-11H,1,3-4H2. The number of carbonyl (C=O) groups is 3. The van der Waals surface area contributed by atoms with Gasteiger partial charge in [-0.2, -0.15) is 22.0 Å². The molecule has 6 atom stereocenters. The number of rotatable bonds is 5. The lowest BCUT2D eigenvalue weighted by molar-refractivity contribution is -0.294. The molecule has 6 nitrogen and oxygen atoms in total. The van der Waals surface area contributed by atoms with Crippen LogP contribution >= 0.6 is 0 Å². The first-order chi connectivity index (χ1) is 12.0. The van der Waals surface area contributed by atoms with E-state index in [-0.39, 0.29) is 6.42 Å². The molecule has 1 aliphatic heterocycles. The summed E-state index contributed by atoms with van der Waals surface area (Å²) in [5, 5.41) is 0. The number of esters is 3. The van der Waals surface area contributed by atoms with Gasteiger partial charge in [0.1, 0.15) is 12.2 Å². The summed E-state index contributed by atoms with van der Waals surface area (Å²) in [7, 11) is 0. The van der Waals surface area contributed by atoms with Crippen LogP contribution in [0.2, 0.25) is 0 Å². The highest BCUT2D eigenvalue weighted by Gasteiger charge is 2.70. The number of ether oxygens (including phenoxy) is 3. The van der Waals surface area contributed by atoms with Gasteiger partial charge in [-0.3, -0.25) is 9.59 Å². The molecule has 144 valence electrons. The highest BCUT2D eigenvalue weighted by Crippen LogP contribution is 2.59. The number of carbonyl (C=O) groups excluding carboxylic acids is 3. The van der Waals surface area contributed by atoms with E-state index in [0.717, 1.165) is 6.08 Å². The van der Waals surface area contributed by atoms with Crippen molar-refractivity contribution in [2.45, 2.75) is 30.7 Å². The predicted octanol–water partition coefficient (Wildman–Crippen LogP) is 1.63. The molecule has 26 heavy (non-hydrogen) atoms. The Morgan fingerprint density at radius 1 is 1.23 bits per heavy atom. The highest BCUT2D eigenvalue weighted by molar-refractivity contribution is 5.87. The summed E-state index contributed by atoms with van der Waals surface area (Å²) in [6.45, 7) is 1.02. The summed E-state index contributed by atoms with van der Waals surface area (Å²) in [5.74, 6) is -11.8. The Balaban J connectivity index is 1.75. The molecule has 0 aromatic carbocycles. The monoisotopic (exact) mass is 384 g/mol. The largest absolute Gasteiger partial charge is 0.459 e. The van der Waals surface area contributed by atoms with Crippen molar-refractivity contribution < 1.29 is 50.5 Å². The van der Waals surface area contributed by atoms with E-state index in [9.17, 15) is 36.3 Å². The first-order valence-electron chi connectivity index (χ1n) is 7.62. The SMILES string of the molecule is C=CC(=O)OC1C2CC3C1OC(=O)C3C2C(=O)OCC(F)(F)C(F)(F)F. The smallest absolute Gasteiger partial charge is 0.456 e. The summed E-state index contributed by atoms with van der Waals surface area (Å²) < 4.78 is 76.8. The van der Waals surface area contributed by atoms with Crippen LogP contribution in [0.5, 0.6) is 0 Å². The van der Waals surface area contributed by atoms with Crippen LogP contribution in [-0.4, -0.2) is 48.8 Å². The highest BCUT2D eigenvalue weighted by atomic mass is 19.4. The lowest BCUT2D eigenvalue weighted by atomic mass is 9.78. The van der Waals surface area contributed by atoms with Gasteiger partial charge in [-0.05, 0) is 6.42 Å². The van der Waals surface area contributed by atoms with Crippen LogP contribution < -0.4 is 0 Å². The van der Waals surface area contributed by atoms with E-state index in [4.69, 9.17) is 9.47 Å². The zero-order valence-corrected chi connectivity index (χ0v) is 13.0. The first-order valence-corrected chi connectivity index (χ1v) is 7.62. The summed E-state index contributed by atoms with van der Waals surface area (Å²) in [6, 6.07) is 0. The zero-order chi connectivity index (χ0) is 19.4. The fourth-order valence-electron chi connectivity index (χ4n) is 3.99. The van der Waals surface area contributed by atoms with E-state index in [0.29, 0.717) is 0 Å². The second-order valence-corrected chi connectivity index (χ2v) is 6.43. The van der Waals surface area contributed by atoms with Crippen molar-refractivity contribution in [3.05, 3.63) is 12.7 Å². The molecule has 2 saturated carbocycles. The molecule has 3 fully saturated rings. The number of alkyl halides is 5. The van der Waals surface area contributed by atoms with Crippen LogP contribution in [0.4, 0.5) is 22.0 Å². The summed E-state index contributed by atoms with van der Waals surface area (Å²) in [5.41, 5.74) is 0. The van der Waals surface area contributed by atoms with Gasteiger partial charge in [-0.15, -0.1) is 0 Å². The fraction of sp³-hybridized carbons (Fsp3) is 0.667. The molecule has 0 aromatic rings. The number of halogens is 5. The third kappa shape index (κ3) is 2.73. The minimum atomic E-state index is -5.87. The van der Waals surface area contributed by atoms with Crippen LogP contribution in [0.3, 0.4) is 0 Å². The maximum atomic E-state index is 12.9. The van der Waals surface area contributed by atoms with Crippen molar-refractivity contribution in [1.82, 2.24) is 0 Å². The quantitative estimate of drug-likeness (QED) is 0.310. The predicted molar refractivity (Wildman–Crippen MR) is 70.5 cm³/mol. The minimum Gasteiger partial charge on any atom is -0.459 e. The van der Waals surface area contributed by atoms with Crippen LogP contribution in [-0.2, 0) is 28.6 Å². The maximum absolute atomic E-state index is 12.9. The Labute approximate surface area is 143 Å². The number of hydrogen-bond acceptors (Lipinski definition) is 6. The van der Waals surface area contributed by atoms with E-state index < -0.39 is 72.5 Å². The molecule has 11 heteroatoms. The van der Waals surface area contributed by atoms with Crippen LogP contribution in [0, 0.1) is 23.7 Å². The van der Waals surface area contributed by atoms with Crippen molar-refractivity contribution in [2.24, 2.45) is 23.7 Å². The lowest BCUT2D eigenvalue weighted by Gasteiger charge is -2.30. The van der Waals surface area contributed by atoms with Gasteiger partial charge in [0.25, 0.3) is 0 Å². The van der Waals surface area contributed by atoms with Gasteiger partial charge < -0.3 is 14.2 Å². The average molecular weight is 384 g/mol. The molecule has 0 radical (unpaired) electrons. The second-order valence-electron chi connectivity index (χ2n) is 6.43. The molecule has 2 aliphatic carbocycles. The van der Waals surface area contributed by atoms with Crippen molar-refractivity contribution >= 4 is 17.9 Å². The van der Waals surface area contributed by atoms with Gasteiger partial charge in [0.05, 0.1) is 11.8 Å². The molecular weight excluding hydrogens is 371 g/mol. The normalized spacial score (nSPS) is 35.2.